The maximum atomic E-state index is 11.2. The monoisotopic (exact) mass is 306 g/mol. The van der Waals surface area contributed by atoms with Crippen molar-refractivity contribution in [3.05, 3.63) is 42.3 Å². The van der Waals surface area contributed by atoms with Crippen LogP contribution in [0.25, 0.3) is 21.0 Å². The number of benzene rings is 2. The minimum absolute atomic E-state index is 0.0998. The third-order valence-electron chi connectivity index (χ3n) is 3.30. The Morgan fingerprint density at radius 1 is 1.30 bits per heavy atom. The highest BCUT2D eigenvalue weighted by atomic mass is 32.2. The molecule has 0 bridgehead atoms. The quantitative estimate of drug-likeness (QED) is 0.585. The Bertz CT molecular complexity index is 926. The van der Waals surface area contributed by atoms with Crippen molar-refractivity contribution in [2.75, 3.05) is 0 Å². The second-order valence-electron chi connectivity index (χ2n) is 4.46. The third-order valence-corrected chi connectivity index (χ3v) is 5.21. The van der Waals surface area contributed by atoms with Crippen molar-refractivity contribution < 1.29 is 17.5 Å². The van der Waals surface area contributed by atoms with Gasteiger partial charge in [-0.3, -0.25) is 4.55 Å². The van der Waals surface area contributed by atoms with Crippen LogP contribution in [-0.2, 0) is 16.7 Å². The summed E-state index contributed by atoms with van der Waals surface area (Å²) in [5.74, 6) is 0. The van der Waals surface area contributed by atoms with Crippen molar-refractivity contribution in [2.24, 2.45) is 0 Å². The zero-order valence-electron chi connectivity index (χ0n) is 10.7. The fraction of sp³-hybridized carbons (Fsp3) is 0.143. The number of hydrogen-bond acceptors (Lipinski definition) is 3. The molecule has 1 aromatic heterocycles. The van der Waals surface area contributed by atoms with Crippen molar-refractivity contribution in [1.29, 1.82) is 0 Å². The molecule has 0 fully saturated rings. The molecule has 2 aromatic carbocycles. The van der Waals surface area contributed by atoms with Gasteiger partial charge in [0.15, 0.2) is 0 Å². The van der Waals surface area contributed by atoms with E-state index in [2.05, 4.69) is 0 Å². The molecule has 0 unspecified atom stereocenters. The molecular weight excluding hydrogens is 294 g/mol. The summed E-state index contributed by atoms with van der Waals surface area (Å²) in [6, 6.07) is 8.34. The lowest BCUT2D eigenvalue weighted by Gasteiger charge is -2.01. The average molecular weight is 306 g/mol. The Balaban J connectivity index is 2.39. The van der Waals surface area contributed by atoms with E-state index in [1.165, 1.54) is 23.5 Å². The molecular formula is C14H12NO3S2+. The van der Waals surface area contributed by atoms with Crippen LogP contribution in [0.15, 0.2) is 35.2 Å². The van der Waals surface area contributed by atoms with E-state index in [0.29, 0.717) is 5.01 Å². The number of nitrogens with zero attached hydrogens (tertiary/aromatic N) is 1. The number of aromatic nitrogens is 1. The molecule has 3 aromatic rings. The summed E-state index contributed by atoms with van der Waals surface area (Å²) in [4.78, 5) is -0.0998. The van der Waals surface area contributed by atoms with Crippen molar-refractivity contribution in [2.45, 2.75) is 18.4 Å². The van der Waals surface area contributed by atoms with Crippen LogP contribution in [0.3, 0.4) is 0 Å². The minimum atomic E-state index is -4.18. The van der Waals surface area contributed by atoms with Crippen molar-refractivity contribution in [3.8, 4) is 0 Å². The molecule has 20 heavy (non-hydrogen) atoms. The summed E-state index contributed by atoms with van der Waals surface area (Å²) in [6.07, 6.45) is 0. The van der Waals surface area contributed by atoms with E-state index in [1.54, 1.807) is 6.07 Å². The van der Waals surface area contributed by atoms with E-state index in [1.807, 2.05) is 23.6 Å². The second kappa shape index (κ2) is 4.51. The molecule has 102 valence electrons. The van der Waals surface area contributed by atoms with E-state index in [4.69, 9.17) is 11.5 Å². The molecule has 0 aliphatic carbocycles. The maximum Gasteiger partial charge on any atom is 0.294 e. The second-order valence-corrected chi connectivity index (χ2v) is 6.91. The molecule has 3 rings (SSSR count). The molecule has 0 saturated carbocycles. The van der Waals surface area contributed by atoms with Crippen LogP contribution in [0.2, 0.25) is 0 Å². The van der Waals surface area contributed by atoms with Gasteiger partial charge in [0.05, 0.1) is 11.8 Å². The molecule has 0 saturated heterocycles. The Labute approximate surface area is 121 Å². The summed E-state index contributed by atoms with van der Waals surface area (Å²) in [6.45, 7) is 8.80. The average Bonchev–Trinajstić information content (AvgIpc) is 2.72. The first-order valence-electron chi connectivity index (χ1n) is 6.04. The highest BCUT2D eigenvalue weighted by Gasteiger charge is 2.18. The summed E-state index contributed by atoms with van der Waals surface area (Å²) in [7, 11) is -4.18. The number of fused-ring (bicyclic) bond motifs is 3. The molecule has 0 aliphatic heterocycles. The van der Waals surface area contributed by atoms with Crippen molar-refractivity contribution in [3.63, 3.8) is 0 Å². The zero-order chi connectivity index (χ0) is 14.5. The lowest BCUT2D eigenvalue weighted by molar-refractivity contribution is -0.667. The first-order valence-corrected chi connectivity index (χ1v) is 8.29. The Morgan fingerprint density at radius 2 is 2.05 bits per heavy atom. The van der Waals surface area contributed by atoms with Gasteiger partial charge in [-0.2, -0.15) is 13.0 Å². The van der Waals surface area contributed by atoms with E-state index in [0.717, 1.165) is 27.5 Å². The van der Waals surface area contributed by atoms with E-state index in [9.17, 15) is 8.42 Å². The molecule has 6 heteroatoms. The van der Waals surface area contributed by atoms with Crippen molar-refractivity contribution in [1.82, 2.24) is 0 Å². The van der Waals surface area contributed by atoms with E-state index in [-0.39, 0.29) is 4.90 Å². The summed E-state index contributed by atoms with van der Waals surface area (Å²) in [5.41, 5.74) is 1.03. The van der Waals surface area contributed by atoms with Gasteiger partial charge in [0.1, 0.15) is 11.2 Å². The van der Waals surface area contributed by atoms with Gasteiger partial charge in [-0.1, -0.05) is 17.4 Å². The molecule has 2 radical (unpaired) electrons. The van der Waals surface area contributed by atoms with Crippen molar-refractivity contribution >= 4 is 42.4 Å². The first kappa shape index (κ1) is 13.5. The van der Waals surface area contributed by atoms with Gasteiger partial charge < -0.3 is 0 Å². The standard InChI is InChI=1S/C14H11NO3S2/c1-3-15-9(2)19-14-12-6-5-11(20(16,17)18)8-10(12)4-7-13(14)15/h2,4-8H,3H2,1H3/p+1. The highest BCUT2D eigenvalue weighted by molar-refractivity contribution is 7.85. The largest absolute Gasteiger partial charge is 0.294 e. The fourth-order valence-electron chi connectivity index (χ4n) is 2.35. The molecule has 0 amide bonds. The molecule has 1 N–H and O–H groups in total. The summed E-state index contributed by atoms with van der Waals surface area (Å²) in [5, 5.41) is 2.41. The molecule has 1 heterocycles. The van der Waals surface area contributed by atoms with Gasteiger partial charge in [-0.25, -0.2) is 0 Å². The number of hydrogen-bond donors (Lipinski definition) is 1. The van der Waals surface area contributed by atoms with E-state index >= 15 is 0 Å². The van der Waals surface area contributed by atoms with Gasteiger partial charge in [-0.05, 0) is 30.5 Å². The Kier molecular flexibility index (Phi) is 3.04. The lowest BCUT2D eigenvalue weighted by Crippen LogP contribution is -2.33. The lowest BCUT2D eigenvalue weighted by atomic mass is 10.1. The van der Waals surface area contributed by atoms with Gasteiger partial charge in [0, 0.05) is 11.5 Å². The molecule has 0 atom stereocenters. The van der Waals surface area contributed by atoms with Gasteiger partial charge >= 0.3 is 0 Å². The van der Waals surface area contributed by atoms with Crippen LogP contribution in [0.4, 0.5) is 0 Å². The van der Waals surface area contributed by atoms with Crippen LogP contribution in [0, 0.1) is 6.92 Å². The smallest absolute Gasteiger partial charge is 0.282 e. The van der Waals surface area contributed by atoms with Crippen LogP contribution >= 0.6 is 11.3 Å². The van der Waals surface area contributed by atoms with Gasteiger partial charge in [-0.15, -0.1) is 0 Å². The molecule has 0 aliphatic rings. The summed E-state index contributed by atoms with van der Waals surface area (Å²) < 4.78 is 34.5. The zero-order valence-corrected chi connectivity index (χ0v) is 12.3. The van der Waals surface area contributed by atoms with Crippen LogP contribution in [0.5, 0.6) is 0 Å². The van der Waals surface area contributed by atoms with Crippen LogP contribution in [-0.4, -0.2) is 13.0 Å². The minimum Gasteiger partial charge on any atom is -0.282 e. The maximum absolute atomic E-state index is 11.2. The molecule has 4 nitrogen and oxygen atoms in total. The highest BCUT2D eigenvalue weighted by Crippen LogP contribution is 2.30. The number of aryl methyl sites for hydroxylation is 1. The predicted octanol–water partition coefficient (Wildman–Crippen LogP) is 2.67. The normalized spacial score (nSPS) is 12.3. The third kappa shape index (κ3) is 2.00. The Hall–Kier alpha value is -1.50. The van der Waals surface area contributed by atoms with Crippen LogP contribution < -0.4 is 4.57 Å². The van der Waals surface area contributed by atoms with Crippen LogP contribution in [0.1, 0.15) is 11.9 Å². The number of thiazole rings is 1. The Morgan fingerprint density at radius 3 is 2.70 bits per heavy atom. The van der Waals surface area contributed by atoms with E-state index < -0.39 is 10.1 Å². The molecule has 0 spiro atoms. The summed E-state index contributed by atoms with van der Waals surface area (Å²) >= 11 is 1.47. The fourth-order valence-corrected chi connectivity index (χ4v) is 3.99. The number of rotatable bonds is 2. The van der Waals surface area contributed by atoms with Gasteiger partial charge in [0.2, 0.25) is 10.5 Å². The topological polar surface area (TPSA) is 58.3 Å². The first-order chi connectivity index (χ1) is 9.41. The predicted molar refractivity (Wildman–Crippen MR) is 78.4 cm³/mol. The van der Waals surface area contributed by atoms with Gasteiger partial charge in [0.25, 0.3) is 10.1 Å². The SMILES string of the molecule is [CH]c1sc2c3ccc(S(=O)(=O)O)cc3ccc2[n+]1CC.